The Bertz CT molecular complexity index is 737. The van der Waals surface area contributed by atoms with E-state index in [9.17, 15) is 4.79 Å². The molecule has 0 atom stereocenters. The molecule has 0 radical (unpaired) electrons. The Morgan fingerprint density at radius 2 is 2.08 bits per heavy atom. The minimum atomic E-state index is -0.0275. The predicted octanol–water partition coefficient (Wildman–Crippen LogP) is 3.50. The Hall–Kier alpha value is -2.02. The average molecular weight is 359 g/mol. The Kier molecular flexibility index (Phi) is 5.63. The van der Waals surface area contributed by atoms with Crippen LogP contribution in [0.3, 0.4) is 0 Å². The summed E-state index contributed by atoms with van der Waals surface area (Å²) in [7, 11) is 0. The van der Waals surface area contributed by atoms with E-state index in [1.807, 2.05) is 17.6 Å². The van der Waals surface area contributed by atoms with E-state index in [2.05, 4.69) is 46.4 Å². The first-order valence-corrected chi connectivity index (χ1v) is 9.71. The van der Waals surface area contributed by atoms with Gasteiger partial charge in [-0.2, -0.15) is 0 Å². The molecular weight excluding hydrogens is 334 g/mol. The zero-order valence-electron chi connectivity index (χ0n) is 15.0. The van der Waals surface area contributed by atoms with Gasteiger partial charge >= 0.3 is 0 Å². The number of carbonyl (C=O) groups is 1. The molecule has 1 aliphatic heterocycles. The van der Waals surface area contributed by atoms with Gasteiger partial charge < -0.3 is 14.8 Å². The number of hydrogen-bond acceptors (Lipinski definition) is 5. The summed E-state index contributed by atoms with van der Waals surface area (Å²) in [5, 5.41) is 11.8. The highest BCUT2D eigenvalue weighted by atomic mass is 32.2. The number of aryl methyl sites for hydroxylation is 1. The lowest BCUT2D eigenvalue weighted by Gasteiger charge is -2.19. The standard InChI is InChI=1S/C18H25N5OS/c1-13(2)23-12-19-21-18(23)25-11-17(24)20-16-7-6-15(10-14(16)3)22-8-4-5-9-22/h6-7,10,12-13H,4-5,8-9,11H2,1-3H3,(H,20,24). The van der Waals surface area contributed by atoms with Gasteiger partial charge in [0.15, 0.2) is 5.16 Å². The molecule has 0 saturated carbocycles. The molecule has 1 aromatic carbocycles. The number of hydrogen-bond donors (Lipinski definition) is 1. The van der Waals surface area contributed by atoms with Crippen LogP contribution in [-0.4, -0.2) is 39.5 Å². The van der Waals surface area contributed by atoms with Crippen LogP contribution in [-0.2, 0) is 4.79 Å². The molecule has 25 heavy (non-hydrogen) atoms. The van der Waals surface area contributed by atoms with Crippen LogP contribution >= 0.6 is 11.8 Å². The molecule has 1 fully saturated rings. The summed E-state index contributed by atoms with van der Waals surface area (Å²) >= 11 is 1.41. The van der Waals surface area contributed by atoms with Gasteiger partial charge in [0, 0.05) is 30.5 Å². The Morgan fingerprint density at radius 1 is 1.32 bits per heavy atom. The van der Waals surface area contributed by atoms with Crippen molar-refractivity contribution in [3.63, 3.8) is 0 Å². The van der Waals surface area contributed by atoms with Crippen molar-refractivity contribution < 1.29 is 4.79 Å². The highest BCUT2D eigenvalue weighted by molar-refractivity contribution is 7.99. The summed E-state index contributed by atoms with van der Waals surface area (Å²) in [5.41, 5.74) is 3.21. The van der Waals surface area contributed by atoms with E-state index in [0.29, 0.717) is 5.75 Å². The van der Waals surface area contributed by atoms with E-state index in [1.165, 1.54) is 30.3 Å². The third-order valence-corrected chi connectivity index (χ3v) is 5.34. The SMILES string of the molecule is Cc1cc(N2CCCC2)ccc1NC(=O)CSc1nncn1C(C)C. The smallest absolute Gasteiger partial charge is 0.234 e. The molecule has 2 aromatic rings. The third kappa shape index (κ3) is 4.34. The van der Waals surface area contributed by atoms with Crippen molar-refractivity contribution in [2.75, 3.05) is 29.1 Å². The molecule has 0 spiro atoms. The number of aromatic nitrogens is 3. The fourth-order valence-corrected chi connectivity index (χ4v) is 3.81. The van der Waals surface area contributed by atoms with Gasteiger partial charge in [-0.1, -0.05) is 11.8 Å². The van der Waals surface area contributed by atoms with E-state index in [4.69, 9.17) is 0 Å². The monoisotopic (exact) mass is 359 g/mol. The van der Waals surface area contributed by atoms with Crippen molar-refractivity contribution in [1.29, 1.82) is 0 Å². The number of amides is 1. The maximum atomic E-state index is 12.3. The van der Waals surface area contributed by atoms with E-state index in [1.54, 1.807) is 6.33 Å². The first kappa shape index (κ1) is 17.8. The van der Waals surface area contributed by atoms with Crippen molar-refractivity contribution in [2.45, 2.75) is 44.8 Å². The second-order valence-corrected chi connectivity index (χ2v) is 7.59. The molecule has 7 heteroatoms. The second kappa shape index (κ2) is 7.91. The highest BCUT2D eigenvalue weighted by Gasteiger charge is 2.14. The quantitative estimate of drug-likeness (QED) is 0.800. The molecule has 1 amide bonds. The minimum absolute atomic E-state index is 0.0275. The Labute approximate surface area is 153 Å². The average Bonchev–Trinajstić information content (AvgIpc) is 3.26. The van der Waals surface area contributed by atoms with E-state index in [0.717, 1.165) is 29.5 Å². The summed E-state index contributed by atoms with van der Waals surface area (Å²) in [6.45, 7) is 8.42. The minimum Gasteiger partial charge on any atom is -0.372 e. The molecular formula is C18H25N5OS. The zero-order valence-corrected chi connectivity index (χ0v) is 15.8. The fraction of sp³-hybridized carbons (Fsp3) is 0.500. The summed E-state index contributed by atoms with van der Waals surface area (Å²) in [5.74, 6) is 0.291. The molecule has 2 heterocycles. The van der Waals surface area contributed by atoms with Gasteiger partial charge in [0.05, 0.1) is 5.75 Å². The number of anilines is 2. The lowest BCUT2D eigenvalue weighted by Crippen LogP contribution is -2.18. The molecule has 1 aromatic heterocycles. The third-order valence-electron chi connectivity index (χ3n) is 4.38. The van der Waals surface area contributed by atoms with Gasteiger partial charge in [-0.3, -0.25) is 4.79 Å². The van der Waals surface area contributed by atoms with Crippen LogP contribution < -0.4 is 10.2 Å². The second-order valence-electron chi connectivity index (χ2n) is 6.64. The molecule has 1 saturated heterocycles. The fourth-order valence-electron chi connectivity index (χ4n) is 2.97. The zero-order chi connectivity index (χ0) is 17.8. The van der Waals surface area contributed by atoms with Crippen LogP contribution in [0.2, 0.25) is 0 Å². The predicted molar refractivity (Wildman–Crippen MR) is 102 cm³/mol. The number of thioether (sulfide) groups is 1. The van der Waals surface area contributed by atoms with Crippen molar-refractivity contribution >= 4 is 29.0 Å². The molecule has 0 bridgehead atoms. The van der Waals surface area contributed by atoms with Crippen molar-refractivity contribution in [3.8, 4) is 0 Å². The van der Waals surface area contributed by atoms with Crippen LogP contribution in [0.5, 0.6) is 0 Å². The molecule has 1 aliphatic rings. The molecule has 0 unspecified atom stereocenters. The number of carbonyl (C=O) groups excluding carboxylic acids is 1. The number of nitrogens with zero attached hydrogens (tertiary/aromatic N) is 4. The van der Waals surface area contributed by atoms with E-state index < -0.39 is 0 Å². The van der Waals surface area contributed by atoms with Crippen LogP contribution in [0.1, 0.15) is 38.3 Å². The van der Waals surface area contributed by atoms with Crippen molar-refractivity contribution in [1.82, 2.24) is 14.8 Å². The number of benzene rings is 1. The largest absolute Gasteiger partial charge is 0.372 e. The lowest BCUT2D eigenvalue weighted by molar-refractivity contribution is -0.113. The van der Waals surface area contributed by atoms with Crippen molar-refractivity contribution in [2.24, 2.45) is 0 Å². The van der Waals surface area contributed by atoms with Gasteiger partial charge in [-0.05, 0) is 57.4 Å². The van der Waals surface area contributed by atoms with Crippen LogP contribution in [0.4, 0.5) is 11.4 Å². The van der Waals surface area contributed by atoms with Gasteiger partial charge in [0.1, 0.15) is 6.33 Å². The topological polar surface area (TPSA) is 63.1 Å². The number of rotatable bonds is 6. The van der Waals surface area contributed by atoms with Crippen LogP contribution in [0.15, 0.2) is 29.7 Å². The van der Waals surface area contributed by atoms with E-state index in [-0.39, 0.29) is 11.9 Å². The maximum absolute atomic E-state index is 12.3. The highest BCUT2D eigenvalue weighted by Crippen LogP contribution is 2.26. The maximum Gasteiger partial charge on any atom is 0.234 e. The lowest BCUT2D eigenvalue weighted by atomic mass is 10.1. The number of nitrogens with one attached hydrogen (secondary N) is 1. The van der Waals surface area contributed by atoms with Gasteiger partial charge in [0.2, 0.25) is 5.91 Å². The van der Waals surface area contributed by atoms with Crippen LogP contribution in [0, 0.1) is 6.92 Å². The summed E-state index contributed by atoms with van der Waals surface area (Å²) in [4.78, 5) is 14.7. The van der Waals surface area contributed by atoms with Gasteiger partial charge in [-0.15, -0.1) is 10.2 Å². The first-order valence-electron chi connectivity index (χ1n) is 8.72. The summed E-state index contributed by atoms with van der Waals surface area (Å²) in [6, 6.07) is 6.53. The summed E-state index contributed by atoms with van der Waals surface area (Å²) < 4.78 is 1.97. The Morgan fingerprint density at radius 3 is 2.76 bits per heavy atom. The Balaban J connectivity index is 1.58. The molecule has 1 N–H and O–H groups in total. The van der Waals surface area contributed by atoms with Gasteiger partial charge in [-0.25, -0.2) is 0 Å². The molecule has 0 aliphatic carbocycles. The van der Waals surface area contributed by atoms with Gasteiger partial charge in [0.25, 0.3) is 0 Å². The normalized spacial score (nSPS) is 14.3. The van der Waals surface area contributed by atoms with E-state index >= 15 is 0 Å². The van der Waals surface area contributed by atoms with Crippen molar-refractivity contribution in [3.05, 3.63) is 30.1 Å². The molecule has 134 valence electrons. The van der Waals surface area contributed by atoms with Crippen LogP contribution in [0.25, 0.3) is 0 Å². The first-order chi connectivity index (χ1) is 12.0. The summed E-state index contributed by atoms with van der Waals surface area (Å²) in [6.07, 6.45) is 4.22. The molecule has 3 rings (SSSR count). The molecule has 6 nitrogen and oxygen atoms in total.